The van der Waals surface area contributed by atoms with Gasteiger partial charge >= 0.3 is 0 Å². The highest BCUT2D eigenvalue weighted by molar-refractivity contribution is 7.92. The van der Waals surface area contributed by atoms with E-state index in [-0.39, 0.29) is 16.6 Å². The lowest BCUT2D eigenvalue weighted by Gasteiger charge is -2.24. The Morgan fingerprint density at radius 3 is 2.39 bits per heavy atom. The highest BCUT2D eigenvalue weighted by atomic mass is 32.2. The Morgan fingerprint density at radius 2 is 1.71 bits per heavy atom. The van der Waals surface area contributed by atoms with Gasteiger partial charge in [0.1, 0.15) is 0 Å². The second-order valence-electron chi connectivity index (χ2n) is 7.44. The Hall–Kier alpha value is -2.37. The number of nitrogens with one attached hydrogen (secondary N) is 2. The lowest BCUT2D eigenvalue weighted by molar-refractivity contribution is 0.0991. The van der Waals surface area contributed by atoms with Gasteiger partial charge in [-0.25, -0.2) is 16.8 Å². The van der Waals surface area contributed by atoms with Crippen molar-refractivity contribution in [3.63, 3.8) is 0 Å². The van der Waals surface area contributed by atoms with Crippen molar-refractivity contribution in [1.82, 2.24) is 4.31 Å². The zero-order valence-electron chi connectivity index (χ0n) is 17.5. The van der Waals surface area contributed by atoms with Crippen molar-refractivity contribution in [2.24, 2.45) is 0 Å². The fraction of sp³-hybridized carbons (Fsp3) is 0.450. The standard InChI is InChI=1S/C20H27N3O6S2/c1-3-14-30(25,26)22-17-9-7-8-16(15(17)2)21-20(24)18-10-11-19(29-18)31(27,28)23-12-5-4-6-13-23/h7-11,22H,3-6,12-14H2,1-2H3,(H,21,24). The van der Waals surface area contributed by atoms with E-state index in [1.54, 1.807) is 32.0 Å². The quantitative estimate of drug-likeness (QED) is 0.612. The van der Waals surface area contributed by atoms with Crippen LogP contribution in [0.4, 0.5) is 11.4 Å². The molecule has 9 nitrogen and oxygen atoms in total. The first-order valence-corrected chi connectivity index (χ1v) is 13.2. The number of anilines is 2. The molecule has 2 N–H and O–H groups in total. The fourth-order valence-electron chi connectivity index (χ4n) is 3.37. The third-order valence-corrected chi connectivity index (χ3v) is 8.28. The first-order valence-electron chi connectivity index (χ1n) is 10.2. The minimum Gasteiger partial charge on any atom is -0.438 e. The Kier molecular flexibility index (Phi) is 7.07. The van der Waals surface area contributed by atoms with Crippen LogP contribution in [0.5, 0.6) is 0 Å². The van der Waals surface area contributed by atoms with Gasteiger partial charge in [0.15, 0.2) is 5.76 Å². The van der Waals surface area contributed by atoms with Crippen molar-refractivity contribution in [1.29, 1.82) is 0 Å². The van der Waals surface area contributed by atoms with E-state index in [0.29, 0.717) is 36.4 Å². The molecule has 1 aliphatic rings. The van der Waals surface area contributed by atoms with E-state index < -0.39 is 26.0 Å². The second kappa shape index (κ2) is 9.41. The Labute approximate surface area is 182 Å². The number of carbonyl (C=O) groups is 1. The zero-order chi connectivity index (χ0) is 22.6. The van der Waals surface area contributed by atoms with Crippen molar-refractivity contribution in [3.8, 4) is 0 Å². The molecule has 170 valence electrons. The SMILES string of the molecule is CCCS(=O)(=O)Nc1cccc(NC(=O)c2ccc(S(=O)(=O)N3CCCCC3)o2)c1C. The smallest absolute Gasteiger partial charge is 0.291 e. The summed E-state index contributed by atoms with van der Waals surface area (Å²) >= 11 is 0. The molecular weight excluding hydrogens is 442 g/mol. The number of hydrogen-bond donors (Lipinski definition) is 2. The molecule has 1 aromatic heterocycles. The first kappa shape index (κ1) is 23.3. The molecule has 0 aliphatic carbocycles. The predicted octanol–water partition coefficient (Wildman–Crippen LogP) is 3.17. The number of amides is 1. The van der Waals surface area contributed by atoms with Gasteiger partial charge in [-0.3, -0.25) is 9.52 Å². The topological polar surface area (TPSA) is 126 Å². The molecule has 1 amide bonds. The van der Waals surface area contributed by atoms with Crippen LogP contribution in [0.2, 0.25) is 0 Å². The van der Waals surface area contributed by atoms with Crippen molar-refractivity contribution in [3.05, 3.63) is 41.7 Å². The number of hydrogen-bond acceptors (Lipinski definition) is 6. The van der Waals surface area contributed by atoms with Crippen molar-refractivity contribution in [2.75, 3.05) is 28.9 Å². The number of piperidine rings is 1. The molecule has 0 unspecified atom stereocenters. The van der Waals surface area contributed by atoms with Gasteiger partial charge in [-0.05, 0) is 56.0 Å². The summed E-state index contributed by atoms with van der Waals surface area (Å²) in [5, 5.41) is 2.39. The molecule has 1 aromatic carbocycles. The van der Waals surface area contributed by atoms with Crippen LogP contribution in [0.3, 0.4) is 0 Å². The van der Waals surface area contributed by atoms with Crippen molar-refractivity contribution >= 4 is 37.3 Å². The summed E-state index contributed by atoms with van der Waals surface area (Å²) in [6.45, 7) is 4.31. The molecular formula is C20H27N3O6S2. The second-order valence-corrected chi connectivity index (χ2v) is 11.1. The monoisotopic (exact) mass is 469 g/mol. The lowest BCUT2D eigenvalue weighted by atomic mass is 10.1. The minimum absolute atomic E-state index is 0.0102. The fourth-order valence-corrected chi connectivity index (χ4v) is 5.99. The molecule has 0 saturated carbocycles. The van der Waals surface area contributed by atoms with Crippen molar-refractivity contribution in [2.45, 2.75) is 44.6 Å². The van der Waals surface area contributed by atoms with E-state index in [2.05, 4.69) is 10.0 Å². The van der Waals surface area contributed by atoms with Crippen LogP contribution in [0.1, 0.15) is 48.7 Å². The van der Waals surface area contributed by atoms with E-state index in [4.69, 9.17) is 4.42 Å². The number of benzene rings is 1. The number of sulfonamides is 2. The summed E-state index contributed by atoms with van der Waals surface area (Å²) in [4.78, 5) is 12.6. The number of rotatable bonds is 8. The number of furan rings is 1. The predicted molar refractivity (Wildman–Crippen MR) is 118 cm³/mol. The summed E-state index contributed by atoms with van der Waals surface area (Å²) in [5.74, 6) is -0.785. The van der Waals surface area contributed by atoms with Crippen LogP contribution in [-0.4, -0.2) is 45.9 Å². The largest absolute Gasteiger partial charge is 0.438 e. The molecule has 0 spiro atoms. The van der Waals surface area contributed by atoms with Crippen LogP contribution in [0.15, 0.2) is 39.8 Å². The van der Waals surface area contributed by atoms with Gasteiger partial charge in [0, 0.05) is 18.8 Å². The van der Waals surface area contributed by atoms with Crippen molar-refractivity contribution < 1.29 is 26.0 Å². The highest BCUT2D eigenvalue weighted by Gasteiger charge is 2.29. The molecule has 1 fully saturated rings. The molecule has 2 heterocycles. The van der Waals surface area contributed by atoms with Crippen LogP contribution in [-0.2, 0) is 20.0 Å². The summed E-state index contributed by atoms with van der Waals surface area (Å²) in [7, 11) is -7.26. The Bertz CT molecular complexity index is 1150. The van der Waals surface area contributed by atoms with E-state index in [9.17, 15) is 21.6 Å². The number of carbonyl (C=O) groups excluding carboxylic acids is 1. The maximum Gasteiger partial charge on any atom is 0.291 e. The van der Waals surface area contributed by atoms with Gasteiger partial charge in [-0.2, -0.15) is 4.31 Å². The van der Waals surface area contributed by atoms with E-state index in [1.807, 2.05) is 0 Å². The van der Waals surface area contributed by atoms with E-state index in [0.717, 1.165) is 19.3 Å². The highest BCUT2D eigenvalue weighted by Crippen LogP contribution is 2.26. The van der Waals surface area contributed by atoms with Crippen LogP contribution >= 0.6 is 0 Å². The third kappa shape index (κ3) is 5.46. The van der Waals surface area contributed by atoms with Gasteiger partial charge in [0.05, 0.1) is 11.4 Å². The van der Waals surface area contributed by atoms with Crippen LogP contribution in [0.25, 0.3) is 0 Å². The summed E-state index contributed by atoms with van der Waals surface area (Å²) < 4.78 is 58.8. The normalized spacial score (nSPS) is 15.5. The maximum absolute atomic E-state index is 12.7. The van der Waals surface area contributed by atoms with Gasteiger partial charge in [0.25, 0.3) is 15.9 Å². The number of nitrogens with zero attached hydrogens (tertiary/aromatic N) is 1. The average molecular weight is 470 g/mol. The van der Waals surface area contributed by atoms with E-state index in [1.165, 1.54) is 16.4 Å². The third-order valence-electron chi connectivity index (χ3n) is 5.03. The molecule has 3 rings (SSSR count). The molecule has 0 atom stereocenters. The summed E-state index contributed by atoms with van der Waals surface area (Å²) in [6, 6.07) is 7.44. The molecule has 1 saturated heterocycles. The van der Waals surface area contributed by atoms with Gasteiger partial charge < -0.3 is 9.73 Å². The summed E-state index contributed by atoms with van der Waals surface area (Å²) in [6.07, 6.45) is 3.06. The van der Waals surface area contributed by atoms with Crippen LogP contribution < -0.4 is 10.0 Å². The minimum atomic E-state index is -3.78. The zero-order valence-corrected chi connectivity index (χ0v) is 19.2. The van der Waals surface area contributed by atoms with Gasteiger partial charge in [-0.1, -0.05) is 19.4 Å². The van der Waals surface area contributed by atoms with Gasteiger partial charge in [0.2, 0.25) is 15.1 Å². The summed E-state index contributed by atoms with van der Waals surface area (Å²) in [5.41, 5.74) is 1.28. The molecule has 0 bridgehead atoms. The average Bonchev–Trinajstić information content (AvgIpc) is 3.23. The Morgan fingerprint density at radius 1 is 1.03 bits per heavy atom. The lowest BCUT2D eigenvalue weighted by Crippen LogP contribution is -2.35. The Balaban J connectivity index is 1.76. The van der Waals surface area contributed by atoms with E-state index >= 15 is 0 Å². The van der Waals surface area contributed by atoms with Gasteiger partial charge in [-0.15, -0.1) is 0 Å². The van der Waals surface area contributed by atoms with Crippen LogP contribution in [0, 0.1) is 6.92 Å². The molecule has 31 heavy (non-hydrogen) atoms. The molecule has 11 heteroatoms. The maximum atomic E-state index is 12.7. The molecule has 0 radical (unpaired) electrons. The molecule has 1 aliphatic heterocycles. The molecule has 2 aromatic rings. The first-order chi connectivity index (χ1) is 14.6.